The molecule has 1 aromatic carbocycles. The van der Waals surface area contributed by atoms with Gasteiger partial charge in [-0.25, -0.2) is 8.42 Å². The highest BCUT2D eigenvalue weighted by Gasteiger charge is 2.11. The van der Waals surface area contributed by atoms with Crippen molar-refractivity contribution in [1.29, 1.82) is 5.26 Å². The lowest BCUT2D eigenvalue weighted by atomic mass is 10.2. The first-order valence-corrected chi connectivity index (χ1v) is 7.08. The van der Waals surface area contributed by atoms with Crippen LogP contribution in [0.4, 0.5) is 0 Å². The SMILES string of the molecule is COCCCS(=O)(=O)Cc1ccc(C#N)cc1. The van der Waals surface area contributed by atoms with E-state index >= 15 is 0 Å². The van der Waals surface area contributed by atoms with Crippen LogP contribution in [0.3, 0.4) is 0 Å². The Hall–Kier alpha value is -1.38. The van der Waals surface area contributed by atoms with Gasteiger partial charge in [0.1, 0.15) is 0 Å². The zero-order valence-corrected chi connectivity index (χ0v) is 10.5. The van der Waals surface area contributed by atoms with Gasteiger partial charge in [0.2, 0.25) is 0 Å². The van der Waals surface area contributed by atoms with Gasteiger partial charge >= 0.3 is 0 Å². The molecule has 1 aromatic rings. The molecule has 0 heterocycles. The van der Waals surface area contributed by atoms with E-state index in [1.807, 2.05) is 6.07 Å². The van der Waals surface area contributed by atoms with E-state index < -0.39 is 9.84 Å². The summed E-state index contributed by atoms with van der Waals surface area (Å²) in [4.78, 5) is 0. The molecule has 0 aliphatic rings. The molecule has 4 nitrogen and oxygen atoms in total. The molecule has 0 aliphatic carbocycles. The van der Waals surface area contributed by atoms with Gasteiger partial charge < -0.3 is 4.74 Å². The third-order valence-electron chi connectivity index (χ3n) is 2.27. The number of hydrogen-bond acceptors (Lipinski definition) is 4. The molecular formula is C12H15NO3S. The zero-order chi connectivity index (χ0) is 12.7. The lowest BCUT2D eigenvalue weighted by molar-refractivity contribution is 0.199. The topological polar surface area (TPSA) is 67.2 Å². The number of methoxy groups -OCH3 is 1. The monoisotopic (exact) mass is 253 g/mol. The van der Waals surface area contributed by atoms with E-state index in [0.29, 0.717) is 24.2 Å². The van der Waals surface area contributed by atoms with Crippen LogP contribution in [-0.2, 0) is 20.3 Å². The summed E-state index contributed by atoms with van der Waals surface area (Å²) in [6.07, 6.45) is 0.509. The molecule has 1 rings (SSSR count). The van der Waals surface area contributed by atoms with Crippen molar-refractivity contribution in [1.82, 2.24) is 0 Å². The fourth-order valence-electron chi connectivity index (χ4n) is 1.42. The number of hydrogen-bond donors (Lipinski definition) is 0. The quantitative estimate of drug-likeness (QED) is 0.721. The molecular weight excluding hydrogens is 238 g/mol. The van der Waals surface area contributed by atoms with E-state index in [-0.39, 0.29) is 11.5 Å². The van der Waals surface area contributed by atoms with E-state index in [1.165, 1.54) is 0 Å². The second-order valence-corrected chi connectivity index (χ2v) is 5.93. The Bertz CT molecular complexity index is 485. The van der Waals surface area contributed by atoms with Crippen LogP contribution >= 0.6 is 0 Å². The van der Waals surface area contributed by atoms with Crippen molar-refractivity contribution in [2.24, 2.45) is 0 Å². The van der Waals surface area contributed by atoms with Crippen LogP contribution in [0.1, 0.15) is 17.5 Å². The van der Waals surface area contributed by atoms with Crippen molar-refractivity contribution in [3.05, 3.63) is 35.4 Å². The Morgan fingerprint density at radius 2 is 1.94 bits per heavy atom. The average molecular weight is 253 g/mol. The molecule has 0 aliphatic heterocycles. The minimum atomic E-state index is -3.09. The summed E-state index contributed by atoms with van der Waals surface area (Å²) in [5, 5.41) is 8.62. The summed E-state index contributed by atoms with van der Waals surface area (Å²) in [5.74, 6) is 0.142. The molecule has 0 radical (unpaired) electrons. The van der Waals surface area contributed by atoms with Gasteiger partial charge in [-0.1, -0.05) is 12.1 Å². The van der Waals surface area contributed by atoms with Gasteiger partial charge in [0.05, 0.1) is 23.1 Å². The lowest BCUT2D eigenvalue weighted by Gasteiger charge is -2.04. The van der Waals surface area contributed by atoms with Gasteiger partial charge in [-0.15, -0.1) is 0 Å². The van der Waals surface area contributed by atoms with Crippen molar-refractivity contribution >= 4 is 9.84 Å². The van der Waals surface area contributed by atoms with Crippen molar-refractivity contribution in [2.75, 3.05) is 19.5 Å². The predicted molar refractivity (Wildman–Crippen MR) is 65.1 cm³/mol. The van der Waals surface area contributed by atoms with Crippen LogP contribution in [0, 0.1) is 11.3 Å². The van der Waals surface area contributed by atoms with E-state index in [2.05, 4.69) is 0 Å². The predicted octanol–water partition coefficient (Wildman–Crippen LogP) is 1.51. The normalized spacial score (nSPS) is 11.1. The highest BCUT2D eigenvalue weighted by atomic mass is 32.2. The number of rotatable bonds is 6. The first kappa shape index (κ1) is 13.7. The van der Waals surface area contributed by atoms with Crippen molar-refractivity contribution in [2.45, 2.75) is 12.2 Å². The maximum atomic E-state index is 11.7. The highest BCUT2D eigenvalue weighted by Crippen LogP contribution is 2.09. The Labute approximate surface area is 102 Å². The van der Waals surface area contributed by atoms with E-state index in [4.69, 9.17) is 10.00 Å². The summed E-state index contributed by atoms with van der Waals surface area (Å²) in [6, 6.07) is 8.59. The molecule has 0 atom stereocenters. The standard InChI is InChI=1S/C12H15NO3S/c1-16-7-2-8-17(14,15)10-12-5-3-11(9-13)4-6-12/h3-6H,2,7-8,10H2,1H3. The molecule has 0 amide bonds. The third-order valence-corrected chi connectivity index (χ3v) is 3.96. The number of nitrogens with zero attached hydrogens (tertiary/aromatic N) is 1. The number of ether oxygens (including phenoxy) is 1. The van der Waals surface area contributed by atoms with Crippen LogP contribution < -0.4 is 0 Å². The largest absolute Gasteiger partial charge is 0.385 e. The minimum Gasteiger partial charge on any atom is -0.385 e. The molecule has 0 saturated carbocycles. The Balaban J connectivity index is 2.60. The maximum absolute atomic E-state index is 11.7. The zero-order valence-electron chi connectivity index (χ0n) is 9.72. The third kappa shape index (κ3) is 4.98. The van der Waals surface area contributed by atoms with E-state index in [0.717, 1.165) is 0 Å². The van der Waals surface area contributed by atoms with E-state index in [9.17, 15) is 8.42 Å². The highest BCUT2D eigenvalue weighted by molar-refractivity contribution is 7.90. The van der Waals surface area contributed by atoms with Gasteiger partial charge in [-0.05, 0) is 24.1 Å². The Kier molecular flexibility index (Phi) is 5.13. The van der Waals surface area contributed by atoms with Crippen molar-refractivity contribution in [3.8, 4) is 6.07 Å². The fraction of sp³-hybridized carbons (Fsp3) is 0.417. The summed E-state index contributed by atoms with van der Waals surface area (Å²) in [6.45, 7) is 0.451. The smallest absolute Gasteiger partial charge is 0.154 e. The first-order chi connectivity index (χ1) is 8.07. The Morgan fingerprint density at radius 3 is 2.47 bits per heavy atom. The molecule has 17 heavy (non-hydrogen) atoms. The molecule has 5 heteroatoms. The average Bonchev–Trinajstić information content (AvgIpc) is 2.30. The van der Waals surface area contributed by atoms with Crippen molar-refractivity contribution < 1.29 is 13.2 Å². The maximum Gasteiger partial charge on any atom is 0.154 e. The minimum absolute atomic E-state index is 0.0163. The molecule has 92 valence electrons. The first-order valence-electron chi connectivity index (χ1n) is 5.26. The van der Waals surface area contributed by atoms with Crippen molar-refractivity contribution in [3.63, 3.8) is 0 Å². The number of sulfone groups is 1. The van der Waals surface area contributed by atoms with Crippen LogP contribution in [0.5, 0.6) is 0 Å². The summed E-state index contributed by atoms with van der Waals surface area (Å²) < 4.78 is 28.2. The van der Waals surface area contributed by atoms with Crippen LogP contribution in [0.2, 0.25) is 0 Å². The van der Waals surface area contributed by atoms with Gasteiger partial charge in [0, 0.05) is 13.7 Å². The lowest BCUT2D eigenvalue weighted by Crippen LogP contribution is -2.11. The molecule has 0 N–H and O–H groups in total. The number of nitriles is 1. The molecule has 0 saturated heterocycles. The van der Waals surface area contributed by atoms with Gasteiger partial charge in [-0.2, -0.15) is 5.26 Å². The van der Waals surface area contributed by atoms with Gasteiger partial charge in [0.25, 0.3) is 0 Å². The van der Waals surface area contributed by atoms with Gasteiger partial charge in [0.15, 0.2) is 9.84 Å². The van der Waals surface area contributed by atoms with Crippen LogP contribution in [0.15, 0.2) is 24.3 Å². The summed E-state index contributed by atoms with van der Waals surface area (Å²) >= 11 is 0. The number of benzene rings is 1. The van der Waals surface area contributed by atoms with Gasteiger partial charge in [-0.3, -0.25) is 0 Å². The molecule has 0 bridgehead atoms. The van der Waals surface area contributed by atoms with Crippen LogP contribution in [-0.4, -0.2) is 27.9 Å². The van der Waals surface area contributed by atoms with Crippen LogP contribution in [0.25, 0.3) is 0 Å². The molecule has 0 spiro atoms. The molecule has 0 aromatic heterocycles. The van der Waals surface area contributed by atoms with E-state index in [1.54, 1.807) is 31.4 Å². The second-order valence-electron chi connectivity index (χ2n) is 3.75. The molecule has 0 fully saturated rings. The fourth-order valence-corrected chi connectivity index (χ4v) is 2.83. The summed E-state index contributed by atoms with van der Waals surface area (Å²) in [5.41, 5.74) is 1.24. The summed E-state index contributed by atoms with van der Waals surface area (Å²) in [7, 11) is -1.54. The second kappa shape index (κ2) is 6.38. The molecule has 0 unspecified atom stereocenters. The Morgan fingerprint density at radius 1 is 1.29 bits per heavy atom.